The second-order valence-corrected chi connectivity index (χ2v) is 7.03. The molecule has 20 heavy (non-hydrogen) atoms. The van der Waals surface area contributed by atoms with Crippen LogP contribution in [0.15, 0.2) is 23.1 Å². The van der Waals surface area contributed by atoms with Crippen molar-refractivity contribution >= 4 is 21.6 Å². The molecule has 0 aliphatic carbocycles. The standard InChI is InChI=1S/C13H21N3O3S/c1-9-5-6-11(7-12(9)15-10(2)17)20(18,19)16-13(3,4)8-14/h5-7,16H,8,14H2,1-4H3,(H,15,17). The van der Waals surface area contributed by atoms with E-state index in [4.69, 9.17) is 5.73 Å². The number of nitrogens with two attached hydrogens (primary N) is 1. The molecule has 0 radical (unpaired) electrons. The summed E-state index contributed by atoms with van der Waals surface area (Å²) in [5.41, 5.74) is 6.06. The minimum atomic E-state index is -3.69. The van der Waals surface area contributed by atoms with Crippen LogP contribution in [0, 0.1) is 6.92 Å². The fourth-order valence-corrected chi connectivity index (χ4v) is 3.01. The van der Waals surface area contributed by atoms with Gasteiger partial charge in [0, 0.05) is 24.7 Å². The van der Waals surface area contributed by atoms with E-state index in [-0.39, 0.29) is 17.3 Å². The molecule has 0 fully saturated rings. The molecule has 0 saturated carbocycles. The lowest BCUT2D eigenvalue weighted by atomic mass is 10.1. The van der Waals surface area contributed by atoms with Gasteiger partial charge in [0.1, 0.15) is 0 Å². The number of anilines is 1. The molecular weight excluding hydrogens is 278 g/mol. The monoisotopic (exact) mass is 299 g/mol. The van der Waals surface area contributed by atoms with E-state index in [0.717, 1.165) is 5.56 Å². The van der Waals surface area contributed by atoms with Crippen LogP contribution in [-0.4, -0.2) is 26.4 Å². The zero-order valence-corrected chi connectivity index (χ0v) is 13.0. The maximum Gasteiger partial charge on any atom is 0.241 e. The highest BCUT2D eigenvalue weighted by molar-refractivity contribution is 7.89. The summed E-state index contributed by atoms with van der Waals surface area (Å²) in [7, 11) is -3.69. The van der Waals surface area contributed by atoms with Crippen molar-refractivity contribution in [2.45, 2.75) is 38.1 Å². The summed E-state index contributed by atoms with van der Waals surface area (Å²) < 4.78 is 27.1. The molecule has 1 aromatic carbocycles. The second kappa shape index (κ2) is 5.90. The summed E-state index contributed by atoms with van der Waals surface area (Å²) in [5.74, 6) is -0.252. The van der Waals surface area contributed by atoms with Gasteiger partial charge in [-0.05, 0) is 38.5 Å². The fourth-order valence-electron chi connectivity index (χ4n) is 1.56. The van der Waals surface area contributed by atoms with E-state index in [1.54, 1.807) is 26.8 Å². The van der Waals surface area contributed by atoms with E-state index in [9.17, 15) is 13.2 Å². The Balaban J connectivity index is 3.16. The Morgan fingerprint density at radius 1 is 1.35 bits per heavy atom. The summed E-state index contributed by atoms with van der Waals surface area (Å²) in [4.78, 5) is 11.2. The lowest BCUT2D eigenvalue weighted by Gasteiger charge is -2.24. The molecule has 0 spiro atoms. The Morgan fingerprint density at radius 2 is 1.95 bits per heavy atom. The van der Waals surface area contributed by atoms with Crippen LogP contribution < -0.4 is 15.8 Å². The molecule has 1 aromatic rings. The predicted molar refractivity (Wildman–Crippen MR) is 78.9 cm³/mol. The Bertz CT molecular complexity index is 609. The van der Waals surface area contributed by atoms with Crippen molar-refractivity contribution < 1.29 is 13.2 Å². The number of amides is 1. The molecule has 0 unspecified atom stereocenters. The van der Waals surface area contributed by atoms with E-state index in [2.05, 4.69) is 10.0 Å². The first-order valence-corrected chi connectivity index (χ1v) is 7.68. The summed E-state index contributed by atoms with van der Waals surface area (Å²) in [6.07, 6.45) is 0. The first kappa shape index (κ1) is 16.6. The molecule has 0 saturated heterocycles. The highest BCUT2D eigenvalue weighted by Crippen LogP contribution is 2.21. The van der Waals surface area contributed by atoms with Crippen molar-refractivity contribution in [1.82, 2.24) is 4.72 Å². The van der Waals surface area contributed by atoms with Crippen molar-refractivity contribution in [3.8, 4) is 0 Å². The third-order valence-electron chi connectivity index (χ3n) is 2.75. The topological polar surface area (TPSA) is 101 Å². The largest absolute Gasteiger partial charge is 0.329 e. The van der Waals surface area contributed by atoms with Crippen LogP contribution in [0.3, 0.4) is 0 Å². The van der Waals surface area contributed by atoms with Gasteiger partial charge < -0.3 is 11.1 Å². The number of nitrogens with one attached hydrogen (secondary N) is 2. The molecule has 1 amide bonds. The second-order valence-electron chi connectivity index (χ2n) is 5.35. The molecule has 0 aliphatic rings. The molecular formula is C13H21N3O3S. The molecule has 0 heterocycles. The number of carbonyl (C=O) groups is 1. The van der Waals surface area contributed by atoms with Crippen molar-refractivity contribution in [2.24, 2.45) is 5.73 Å². The number of carbonyl (C=O) groups excluding carboxylic acids is 1. The van der Waals surface area contributed by atoms with Gasteiger partial charge >= 0.3 is 0 Å². The van der Waals surface area contributed by atoms with Gasteiger partial charge in [-0.15, -0.1) is 0 Å². The van der Waals surface area contributed by atoms with Crippen LogP contribution >= 0.6 is 0 Å². The number of rotatable bonds is 5. The summed E-state index contributed by atoms with van der Waals surface area (Å²) in [6.45, 7) is 6.74. The average Bonchev–Trinajstić information content (AvgIpc) is 2.30. The number of benzene rings is 1. The molecule has 4 N–H and O–H groups in total. The Kier molecular flexibility index (Phi) is 4.90. The van der Waals surface area contributed by atoms with Crippen molar-refractivity contribution in [3.05, 3.63) is 23.8 Å². The zero-order valence-electron chi connectivity index (χ0n) is 12.1. The Labute approximate surface area is 119 Å². The van der Waals surface area contributed by atoms with Gasteiger partial charge in [0.05, 0.1) is 4.90 Å². The SMILES string of the molecule is CC(=O)Nc1cc(S(=O)(=O)NC(C)(C)CN)ccc1C. The molecule has 6 nitrogen and oxygen atoms in total. The third kappa shape index (κ3) is 4.29. The highest BCUT2D eigenvalue weighted by atomic mass is 32.2. The quantitative estimate of drug-likeness (QED) is 0.754. The smallest absolute Gasteiger partial charge is 0.241 e. The number of aryl methyl sites for hydroxylation is 1. The van der Waals surface area contributed by atoms with E-state index < -0.39 is 15.6 Å². The summed E-state index contributed by atoms with van der Waals surface area (Å²) in [5, 5.41) is 2.61. The number of sulfonamides is 1. The van der Waals surface area contributed by atoms with Gasteiger partial charge in [0.15, 0.2) is 0 Å². The predicted octanol–water partition coefficient (Wildman–Crippen LogP) is 0.969. The summed E-state index contributed by atoms with van der Waals surface area (Å²) in [6, 6.07) is 4.58. The van der Waals surface area contributed by atoms with E-state index in [1.807, 2.05) is 0 Å². The minimum Gasteiger partial charge on any atom is -0.329 e. The van der Waals surface area contributed by atoms with Crippen LogP contribution in [-0.2, 0) is 14.8 Å². The summed E-state index contributed by atoms with van der Waals surface area (Å²) >= 11 is 0. The van der Waals surface area contributed by atoms with Crippen LogP contribution in [0.1, 0.15) is 26.3 Å². The van der Waals surface area contributed by atoms with Gasteiger partial charge in [0.25, 0.3) is 0 Å². The third-order valence-corrected chi connectivity index (χ3v) is 4.45. The maximum atomic E-state index is 12.3. The normalized spacial score (nSPS) is 12.2. The van der Waals surface area contributed by atoms with E-state index in [1.165, 1.54) is 19.1 Å². The minimum absolute atomic E-state index is 0.0911. The lowest BCUT2D eigenvalue weighted by Crippen LogP contribution is -2.48. The lowest BCUT2D eigenvalue weighted by molar-refractivity contribution is -0.114. The maximum absolute atomic E-state index is 12.3. The van der Waals surface area contributed by atoms with Crippen LogP contribution in [0.4, 0.5) is 5.69 Å². The van der Waals surface area contributed by atoms with Crippen molar-refractivity contribution in [2.75, 3.05) is 11.9 Å². The Hall–Kier alpha value is -1.44. The molecule has 1 rings (SSSR count). The van der Waals surface area contributed by atoms with Gasteiger partial charge in [-0.2, -0.15) is 0 Å². The molecule has 0 atom stereocenters. The van der Waals surface area contributed by atoms with E-state index in [0.29, 0.717) is 5.69 Å². The van der Waals surface area contributed by atoms with Gasteiger partial charge in [-0.25, -0.2) is 13.1 Å². The number of hydrogen-bond acceptors (Lipinski definition) is 4. The molecule has 112 valence electrons. The first-order valence-electron chi connectivity index (χ1n) is 6.20. The van der Waals surface area contributed by atoms with Crippen LogP contribution in [0.25, 0.3) is 0 Å². The van der Waals surface area contributed by atoms with Gasteiger partial charge in [0.2, 0.25) is 15.9 Å². The molecule has 0 aliphatic heterocycles. The molecule has 7 heteroatoms. The highest BCUT2D eigenvalue weighted by Gasteiger charge is 2.25. The van der Waals surface area contributed by atoms with Crippen LogP contribution in [0.5, 0.6) is 0 Å². The molecule has 0 aromatic heterocycles. The zero-order chi connectivity index (χ0) is 15.6. The van der Waals surface area contributed by atoms with Crippen molar-refractivity contribution in [1.29, 1.82) is 0 Å². The molecule has 0 bridgehead atoms. The number of hydrogen-bond donors (Lipinski definition) is 3. The van der Waals surface area contributed by atoms with Crippen molar-refractivity contribution in [3.63, 3.8) is 0 Å². The Morgan fingerprint density at radius 3 is 2.45 bits per heavy atom. The van der Waals surface area contributed by atoms with E-state index >= 15 is 0 Å². The van der Waals surface area contributed by atoms with Gasteiger partial charge in [-0.3, -0.25) is 4.79 Å². The van der Waals surface area contributed by atoms with Gasteiger partial charge in [-0.1, -0.05) is 6.07 Å². The first-order chi connectivity index (χ1) is 9.07. The van der Waals surface area contributed by atoms with Crippen LogP contribution in [0.2, 0.25) is 0 Å². The average molecular weight is 299 g/mol. The fraction of sp³-hybridized carbons (Fsp3) is 0.462.